The van der Waals surface area contributed by atoms with Crippen LogP contribution in [0.4, 0.5) is 5.69 Å². The van der Waals surface area contributed by atoms with Crippen molar-refractivity contribution in [2.75, 3.05) is 0 Å². The van der Waals surface area contributed by atoms with E-state index >= 15 is 0 Å². The first kappa shape index (κ1) is 13.5. The number of aromatic nitrogens is 1. The van der Waals surface area contributed by atoms with E-state index in [0.29, 0.717) is 23.7 Å². The quantitative estimate of drug-likeness (QED) is 0.677. The maximum atomic E-state index is 11.1. The first-order valence-electron chi connectivity index (χ1n) is 7.39. The van der Waals surface area contributed by atoms with Crippen LogP contribution in [-0.2, 0) is 6.54 Å². The second kappa shape index (κ2) is 5.13. The molecule has 108 valence electrons. The molecule has 2 fully saturated rings. The normalized spacial score (nSPS) is 28.0. The highest BCUT2D eigenvalue weighted by Gasteiger charge is 2.39. The van der Waals surface area contributed by atoms with Gasteiger partial charge in [-0.2, -0.15) is 0 Å². The molecule has 2 aliphatic carbocycles. The van der Waals surface area contributed by atoms with Crippen LogP contribution in [0.15, 0.2) is 6.20 Å². The summed E-state index contributed by atoms with van der Waals surface area (Å²) in [6.45, 7) is 4.18. The van der Waals surface area contributed by atoms with Crippen LogP contribution in [0, 0.1) is 35.8 Å². The Balaban J connectivity index is 1.72. The minimum atomic E-state index is -0.298. The smallest absolute Gasteiger partial charge is 0.278 e. The predicted octanol–water partition coefficient (Wildman–Crippen LogP) is 2.88. The fourth-order valence-corrected chi connectivity index (χ4v) is 3.95. The molecule has 0 aromatic carbocycles. The molecule has 2 saturated carbocycles. The molecule has 0 radical (unpaired) electrons. The molecule has 0 spiro atoms. The van der Waals surface area contributed by atoms with Crippen molar-refractivity contribution in [1.82, 2.24) is 10.3 Å². The summed E-state index contributed by atoms with van der Waals surface area (Å²) in [5.74, 6) is 1.71. The lowest BCUT2D eigenvalue weighted by Gasteiger charge is -2.23. The lowest BCUT2D eigenvalue weighted by molar-refractivity contribution is -0.386. The number of hydrogen-bond donors (Lipinski definition) is 1. The third-order valence-electron chi connectivity index (χ3n) is 5.03. The SMILES string of the molecule is Cc1cnc(CNC2CC3CCC2C3)c(C)c1[N+](=O)[O-]. The lowest BCUT2D eigenvalue weighted by atomic mass is 9.95. The van der Waals surface area contributed by atoms with Crippen LogP contribution >= 0.6 is 0 Å². The van der Waals surface area contributed by atoms with Gasteiger partial charge in [0, 0.05) is 29.9 Å². The molecule has 3 atom stereocenters. The minimum Gasteiger partial charge on any atom is -0.308 e. The number of nitro groups is 1. The van der Waals surface area contributed by atoms with Crippen molar-refractivity contribution in [2.24, 2.45) is 11.8 Å². The molecule has 1 aromatic heterocycles. The molecular formula is C15H21N3O2. The van der Waals surface area contributed by atoms with Gasteiger partial charge in [0.05, 0.1) is 10.6 Å². The fraction of sp³-hybridized carbons (Fsp3) is 0.667. The van der Waals surface area contributed by atoms with E-state index in [1.807, 2.05) is 0 Å². The second-order valence-corrected chi connectivity index (χ2v) is 6.28. The fourth-order valence-electron chi connectivity index (χ4n) is 3.95. The molecule has 3 rings (SSSR count). The molecule has 1 heterocycles. The molecule has 5 nitrogen and oxygen atoms in total. The standard InChI is InChI=1S/C15H21N3O2/c1-9-7-16-14(10(2)15(9)18(19)20)8-17-13-6-11-3-4-12(13)5-11/h7,11-13,17H,3-6,8H2,1-2H3. The summed E-state index contributed by atoms with van der Waals surface area (Å²) < 4.78 is 0. The zero-order valence-electron chi connectivity index (χ0n) is 12.1. The Hall–Kier alpha value is -1.49. The van der Waals surface area contributed by atoms with Crippen LogP contribution in [0.25, 0.3) is 0 Å². The molecule has 20 heavy (non-hydrogen) atoms. The third kappa shape index (κ3) is 2.30. The molecule has 2 aliphatic rings. The number of nitrogens with one attached hydrogen (secondary N) is 1. The predicted molar refractivity (Wildman–Crippen MR) is 76.4 cm³/mol. The molecule has 1 aromatic rings. The molecule has 2 bridgehead atoms. The molecular weight excluding hydrogens is 254 g/mol. The number of hydrogen-bond acceptors (Lipinski definition) is 4. The largest absolute Gasteiger partial charge is 0.308 e. The van der Waals surface area contributed by atoms with Gasteiger partial charge in [-0.25, -0.2) is 0 Å². The summed E-state index contributed by atoms with van der Waals surface area (Å²) >= 11 is 0. The Bertz CT molecular complexity index is 544. The number of aryl methyl sites for hydroxylation is 1. The summed E-state index contributed by atoms with van der Waals surface area (Å²) in [5, 5.41) is 14.7. The van der Waals surface area contributed by atoms with Gasteiger partial charge in [0.25, 0.3) is 5.69 Å². The maximum absolute atomic E-state index is 11.1. The Kier molecular flexibility index (Phi) is 3.46. The number of pyridine rings is 1. The van der Waals surface area contributed by atoms with Crippen molar-refractivity contribution < 1.29 is 4.92 Å². The number of fused-ring (bicyclic) bond motifs is 2. The number of rotatable bonds is 4. The summed E-state index contributed by atoms with van der Waals surface area (Å²) in [4.78, 5) is 15.2. The van der Waals surface area contributed by atoms with E-state index in [0.717, 1.165) is 17.5 Å². The van der Waals surface area contributed by atoms with E-state index in [1.165, 1.54) is 25.7 Å². The van der Waals surface area contributed by atoms with Crippen molar-refractivity contribution in [1.29, 1.82) is 0 Å². The third-order valence-corrected chi connectivity index (χ3v) is 5.03. The van der Waals surface area contributed by atoms with Gasteiger partial charge in [0.15, 0.2) is 0 Å². The van der Waals surface area contributed by atoms with Crippen molar-refractivity contribution in [3.63, 3.8) is 0 Å². The van der Waals surface area contributed by atoms with Gasteiger partial charge in [-0.15, -0.1) is 0 Å². The maximum Gasteiger partial charge on any atom is 0.278 e. The first-order valence-corrected chi connectivity index (χ1v) is 7.39. The van der Waals surface area contributed by atoms with Gasteiger partial charge in [0.1, 0.15) is 0 Å². The van der Waals surface area contributed by atoms with Crippen molar-refractivity contribution in [3.8, 4) is 0 Å². The highest BCUT2D eigenvalue weighted by molar-refractivity contribution is 5.47. The Morgan fingerprint density at radius 1 is 1.40 bits per heavy atom. The van der Waals surface area contributed by atoms with Gasteiger partial charge in [-0.05, 0) is 44.9 Å². The number of nitrogens with zero attached hydrogens (tertiary/aromatic N) is 2. The zero-order valence-corrected chi connectivity index (χ0v) is 12.1. The van der Waals surface area contributed by atoms with E-state index in [1.54, 1.807) is 20.0 Å². The average Bonchev–Trinajstić information content (AvgIpc) is 2.99. The highest BCUT2D eigenvalue weighted by atomic mass is 16.6. The zero-order chi connectivity index (χ0) is 14.3. The summed E-state index contributed by atoms with van der Waals surface area (Å²) in [7, 11) is 0. The molecule has 1 N–H and O–H groups in total. The van der Waals surface area contributed by atoms with Crippen LogP contribution in [-0.4, -0.2) is 15.9 Å². The highest BCUT2D eigenvalue weighted by Crippen LogP contribution is 2.44. The van der Waals surface area contributed by atoms with Crippen LogP contribution in [0.1, 0.15) is 42.5 Å². The van der Waals surface area contributed by atoms with E-state index in [-0.39, 0.29) is 10.6 Å². The Labute approximate surface area is 118 Å². The molecule has 3 unspecified atom stereocenters. The molecule has 0 saturated heterocycles. The van der Waals surface area contributed by atoms with E-state index in [2.05, 4.69) is 10.3 Å². The summed E-state index contributed by atoms with van der Waals surface area (Å²) in [6, 6.07) is 0.579. The second-order valence-electron chi connectivity index (χ2n) is 6.28. The Morgan fingerprint density at radius 3 is 2.80 bits per heavy atom. The monoisotopic (exact) mass is 275 g/mol. The Morgan fingerprint density at radius 2 is 2.20 bits per heavy atom. The van der Waals surface area contributed by atoms with Gasteiger partial charge >= 0.3 is 0 Å². The van der Waals surface area contributed by atoms with E-state index in [9.17, 15) is 10.1 Å². The molecule has 5 heteroatoms. The van der Waals surface area contributed by atoms with Crippen LogP contribution in [0.3, 0.4) is 0 Å². The van der Waals surface area contributed by atoms with Gasteiger partial charge in [-0.1, -0.05) is 6.42 Å². The van der Waals surface area contributed by atoms with E-state index < -0.39 is 0 Å². The van der Waals surface area contributed by atoms with Crippen molar-refractivity contribution >= 4 is 5.69 Å². The van der Waals surface area contributed by atoms with Gasteiger partial charge < -0.3 is 5.32 Å². The average molecular weight is 275 g/mol. The lowest BCUT2D eigenvalue weighted by Crippen LogP contribution is -2.33. The summed E-state index contributed by atoms with van der Waals surface area (Å²) in [6.07, 6.45) is 6.96. The molecule has 0 amide bonds. The summed E-state index contributed by atoms with van der Waals surface area (Å²) in [5.41, 5.74) is 2.36. The van der Waals surface area contributed by atoms with Crippen molar-refractivity contribution in [2.45, 2.75) is 52.1 Å². The van der Waals surface area contributed by atoms with Crippen molar-refractivity contribution in [3.05, 3.63) is 33.1 Å². The first-order chi connectivity index (χ1) is 9.56. The minimum absolute atomic E-state index is 0.213. The van der Waals surface area contributed by atoms with Crippen LogP contribution < -0.4 is 5.32 Å². The van der Waals surface area contributed by atoms with Gasteiger partial charge in [0.2, 0.25) is 0 Å². The topological polar surface area (TPSA) is 68.1 Å². The molecule has 0 aliphatic heterocycles. The van der Waals surface area contributed by atoms with Crippen LogP contribution in [0.2, 0.25) is 0 Å². The van der Waals surface area contributed by atoms with Crippen LogP contribution in [0.5, 0.6) is 0 Å². The van der Waals surface area contributed by atoms with E-state index in [4.69, 9.17) is 0 Å². The van der Waals surface area contributed by atoms with Gasteiger partial charge in [-0.3, -0.25) is 15.1 Å².